The molecule has 0 spiro atoms. The van der Waals surface area contributed by atoms with Crippen molar-refractivity contribution in [1.29, 1.82) is 0 Å². The van der Waals surface area contributed by atoms with Gasteiger partial charge in [-0.05, 0) is 43.3 Å². The number of fused-ring (bicyclic) bond motifs is 2. The number of hydrogen-bond donors (Lipinski definition) is 0. The minimum Gasteiger partial charge on any atom is -0.456 e. The molecule has 5 nitrogen and oxygen atoms in total. The van der Waals surface area contributed by atoms with Crippen LogP contribution >= 0.6 is 0 Å². The molecule has 0 atom stereocenters. The molecule has 4 aromatic rings. The Morgan fingerprint density at radius 1 is 0.846 bits per heavy atom. The third-order valence-corrected chi connectivity index (χ3v) is 5.32. The third-order valence-electron chi connectivity index (χ3n) is 4.08. The Morgan fingerprint density at radius 3 is 2.31 bits per heavy atom. The van der Waals surface area contributed by atoms with E-state index in [1.54, 1.807) is 48.5 Å². The Bertz CT molecular complexity index is 1290. The summed E-state index contributed by atoms with van der Waals surface area (Å²) >= 11 is 0. The molecule has 0 amide bonds. The fourth-order valence-electron chi connectivity index (χ4n) is 2.76. The summed E-state index contributed by atoms with van der Waals surface area (Å²) in [6.07, 6.45) is 0. The van der Waals surface area contributed by atoms with Gasteiger partial charge < -0.3 is 8.60 Å². The van der Waals surface area contributed by atoms with Gasteiger partial charge in [-0.1, -0.05) is 35.9 Å². The molecule has 6 heteroatoms. The van der Waals surface area contributed by atoms with Crippen molar-refractivity contribution in [2.24, 2.45) is 0 Å². The van der Waals surface area contributed by atoms with Gasteiger partial charge in [0.2, 0.25) is 5.43 Å². The van der Waals surface area contributed by atoms with Crippen LogP contribution in [-0.2, 0) is 10.1 Å². The molecule has 1 aromatic heterocycles. The highest BCUT2D eigenvalue weighted by Gasteiger charge is 2.20. The summed E-state index contributed by atoms with van der Waals surface area (Å²) in [5, 5.41) is 0.464. The molecular weight excluding hydrogens is 352 g/mol. The van der Waals surface area contributed by atoms with E-state index < -0.39 is 10.1 Å². The van der Waals surface area contributed by atoms with Crippen LogP contribution in [-0.4, -0.2) is 8.42 Å². The van der Waals surface area contributed by atoms with Crippen LogP contribution in [0.4, 0.5) is 0 Å². The molecule has 0 N–H and O–H groups in total. The van der Waals surface area contributed by atoms with Crippen LogP contribution in [0, 0.1) is 6.92 Å². The number of rotatable bonds is 3. The first-order valence-electron chi connectivity index (χ1n) is 7.91. The topological polar surface area (TPSA) is 73.6 Å². The smallest absolute Gasteiger partial charge is 0.339 e. The quantitative estimate of drug-likeness (QED) is 0.404. The van der Waals surface area contributed by atoms with Gasteiger partial charge in [-0.2, -0.15) is 8.42 Å². The molecule has 3 aromatic carbocycles. The number of hydrogen-bond acceptors (Lipinski definition) is 5. The van der Waals surface area contributed by atoms with Crippen molar-refractivity contribution < 1.29 is 17.0 Å². The van der Waals surface area contributed by atoms with E-state index in [1.165, 1.54) is 18.2 Å². The third kappa shape index (κ3) is 2.74. The Kier molecular flexibility index (Phi) is 3.77. The van der Waals surface area contributed by atoms with Crippen LogP contribution < -0.4 is 9.61 Å². The van der Waals surface area contributed by atoms with Gasteiger partial charge in [0, 0.05) is 0 Å². The van der Waals surface area contributed by atoms with Gasteiger partial charge in [0.05, 0.1) is 5.39 Å². The highest BCUT2D eigenvalue weighted by atomic mass is 32.2. The summed E-state index contributed by atoms with van der Waals surface area (Å²) in [4.78, 5) is 12.9. The second-order valence-corrected chi connectivity index (χ2v) is 7.45. The lowest BCUT2D eigenvalue weighted by molar-refractivity contribution is 0.488. The maximum Gasteiger partial charge on any atom is 0.339 e. The van der Waals surface area contributed by atoms with E-state index in [9.17, 15) is 13.2 Å². The fraction of sp³-hybridized carbons (Fsp3) is 0.0500. The zero-order chi connectivity index (χ0) is 18.3. The molecule has 130 valence electrons. The van der Waals surface area contributed by atoms with E-state index in [4.69, 9.17) is 8.60 Å². The van der Waals surface area contributed by atoms with Crippen LogP contribution in [0.2, 0.25) is 0 Å². The highest BCUT2D eigenvalue weighted by Crippen LogP contribution is 2.28. The van der Waals surface area contributed by atoms with E-state index in [0.717, 1.165) is 5.56 Å². The van der Waals surface area contributed by atoms with Crippen LogP contribution in [0.5, 0.6) is 5.75 Å². The second kappa shape index (κ2) is 6.00. The predicted molar refractivity (Wildman–Crippen MR) is 99.0 cm³/mol. The molecule has 0 aliphatic rings. The van der Waals surface area contributed by atoms with E-state index in [1.807, 2.05) is 6.92 Å². The number of aryl methyl sites for hydroxylation is 1. The van der Waals surface area contributed by atoms with Crippen molar-refractivity contribution in [2.75, 3.05) is 0 Å². The zero-order valence-electron chi connectivity index (χ0n) is 13.8. The monoisotopic (exact) mass is 366 g/mol. The molecule has 0 fully saturated rings. The maximum atomic E-state index is 12.8. The SMILES string of the molecule is Cc1ccc(S(=O)(=O)Oc2cccc3oc4ccccc4c(=O)c23)cc1. The summed E-state index contributed by atoms with van der Waals surface area (Å²) in [5.41, 5.74) is 1.30. The molecule has 26 heavy (non-hydrogen) atoms. The van der Waals surface area contributed by atoms with E-state index >= 15 is 0 Å². The first-order valence-corrected chi connectivity index (χ1v) is 9.32. The van der Waals surface area contributed by atoms with Gasteiger partial charge in [-0.25, -0.2) is 0 Å². The summed E-state index contributed by atoms with van der Waals surface area (Å²) in [5.74, 6) is -0.0532. The summed E-state index contributed by atoms with van der Waals surface area (Å²) < 4.78 is 36.2. The van der Waals surface area contributed by atoms with Gasteiger partial charge in [-0.15, -0.1) is 0 Å². The molecule has 0 bridgehead atoms. The first-order chi connectivity index (χ1) is 12.5. The molecule has 0 aliphatic carbocycles. The predicted octanol–water partition coefficient (Wildman–Crippen LogP) is 4.02. The van der Waals surface area contributed by atoms with Crippen molar-refractivity contribution in [1.82, 2.24) is 0 Å². The molecule has 1 heterocycles. The minimum absolute atomic E-state index is 0.0188. The molecule has 0 saturated carbocycles. The van der Waals surface area contributed by atoms with E-state index in [0.29, 0.717) is 11.0 Å². The lowest BCUT2D eigenvalue weighted by Gasteiger charge is -2.10. The number of benzene rings is 3. The standard InChI is InChI=1S/C20H14O5S/c1-13-9-11-14(12-10-13)26(22,23)25-18-8-4-7-17-19(18)20(21)15-5-2-3-6-16(15)24-17/h2-12H,1H3. The van der Waals surface area contributed by atoms with Crippen molar-refractivity contribution in [3.05, 3.63) is 82.5 Å². The van der Waals surface area contributed by atoms with Gasteiger partial charge in [-0.3, -0.25) is 4.79 Å². The zero-order valence-corrected chi connectivity index (χ0v) is 14.6. The average molecular weight is 366 g/mol. The van der Waals surface area contributed by atoms with Gasteiger partial charge in [0.25, 0.3) is 0 Å². The van der Waals surface area contributed by atoms with Crippen molar-refractivity contribution >= 4 is 32.1 Å². The molecule has 4 rings (SSSR count). The van der Waals surface area contributed by atoms with Crippen LogP contribution in [0.25, 0.3) is 21.9 Å². The maximum absolute atomic E-state index is 12.8. The van der Waals surface area contributed by atoms with Crippen LogP contribution in [0.1, 0.15) is 5.56 Å². The fourth-order valence-corrected chi connectivity index (χ4v) is 3.70. The van der Waals surface area contributed by atoms with Gasteiger partial charge in [0.1, 0.15) is 21.4 Å². The summed E-state index contributed by atoms with van der Waals surface area (Å²) in [7, 11) is -4.07. The Hall–Kier alpha value is -3.12. The molecule has 0 unspecified atom stereocenters. The minimum atomic E-state index is -4.07. The lowest BCUT2D eigenvalue weighted by atomic mass is 10.1. The van der Waals surface area contributed by atoms with Gasteiger partial charge >= 0.3 is 10.1 Å². The Morgan fingerprint density at radius 2 is 1.54 bits per heavy atom. The lowest BCUT2D eigenvalue weighted by Crippen LogP contribution is -2.12. The largest absolute Gasteiger partial charge is 0.456 e. The molecular formula is C20H14O5S. The highest BCUT2D eigenvalue weighted by molar-refractivity contribution is 7.87. The van der Waals surface area contributed by atoms with Crippen LogP contribution in [0.15, 0.2) is 80.8 Å². The Balaban J connectivity index is 1.91. The number of para-hydroxylation sites is 1. The average Bonchev–Trinajstić information content (AvgIpc) is 2.62. The molecule has 0 aliphatic heterocycles. The Labute approximate surface area is 149 Å². The first kappa shape index (κ1) is 16.4. The van der Waals surface area contributed by atoms with Crippen LogP contribution in [0.3, 0.4) is 0 Å². The van der Waals surface area contributed by atoms with Gasteiger partial charge in [0.15, 0.2) is 5.75 Å². The normalized spacial score (nSPS) is 11.7. The molecule has 0 saturated heterocycles. The van der Waals surface area contributed by atoms with Crippen molar-refractivity contribution in [3.8, 4) is 5.75 Å². The van der Waals surface area contributed by atoms with Crippen molar-refractivity contribution in [3.63, 3.8) is 0 Å². The summed E-state index contributed by atoms with van der Waals surface area (Å²) in [6.45, 7) is 1.86. The van der Waals surface area contributed by atoms with E-state index in [2.05, 4.69) is 0 Å². The van der Waals surface area contributed by atoms with E-state index in [-0.39, 0.29) is 27.0 Å². The second-order valence-electron chi connectivity index (χ2n) is 5.91. The molecule has 0 radical (unpaired) electrons. The van der Waals surface area contributed by atoms with Crippen molar-refractivity contribution in [2.45, 2.75) is 11.8 Å². The summed E-state index contributed by atoms with van der Waals surface area (Å²) in [6, 6.07) is 17.7.